The van der Waals surface area contributed by atoms with Gasteiger partial charge in [0, 0.05) is 20.1 Å². The molecule has 2 N–H and O–H groups in total. The third kappa shape index (κ3) is 3.59. The summed E-state index contributed by atoms with van der Waals surface area (Å²) in [5.41, 5.74) is 0. The van der Waals surface area contributed by atoms with Crippen LogP contribution in [0.1, 0.15) is 19.3 Å². The molecule has 1 heterocycles. The second kappa shape index (κ2) is 6.44. The molecule has 1 rings (SSSR count). The summed E-state index contributed by atoms with van der Waals surface area (Å²) in [5, 5.41) is 12.0. The van der Waals surface area contributed by atoms with Crippen molar-refractivity contribution in [3.63, 3.8) is 0 Å². The molecule has 0 spiro atoms. The highest BCUT2D eigenvalue weighted by atomic mass is 16.4. The monoisotopic (exact) mass is 243 g/mol. The largest absolute Gasteiger partial charge is 0.480 e. The summed E-state index contributed by atoms with van der Waals surface area (Å²) in [7, 11) is 3.58. The molecule has 1 atom stereocenters. The molecule has 1 fully saturated rings. The van der Waals surface area contributed by atoms with Gasteiger partial charge in [-0.3, -0.25) is 0 Å². The second-order valence-electron chi connectivity index (χ2n) is 4.35. The molecular weight excluding hydrogens is 222 g/mol. The number of carboxylic acid groups (broad SMARTS) is 1. The molecule has 0 aliphatic carbocycles. The Morgan fingerprint density at radius 2 is 2.24 bits per heavy atom. The van der Waals surface area contributed by atoms with Gasteiger partial charge in [-0.25, -0.2) is 9.59 Å². The van der Waals surface area contributed by atoms with Crippen LogP contribution in [0.2, 0.25) is 0 Å². The average Bonchev–Trinajstić information content (AvgIpc) is 2.77. The Labute approximate surface area is 102 Å². The maximum absolute atomic E-state index is 12.0. The number of carbonyl (C=O) groups excluding carboxylic acids is 1. The minimum atomic E-state index is -0.903. The first-order valence-corrected chi connectivity index (χ1v) is 5.97. The third-order valence-corrected chi connectivity index (χ3v) is 3.03. The van der Waals surface area contributed by atoms with Gasteiger partial charge in [-0.05, 0) is 32.9 Å². The van der Waals surface area contributed by atoms with Gasteiger partial charge >= 0.3 is 12.0 Å². The normalized spacial score (nSPS) is 19.4. The number of carboxylic acids is 1. The molecule has 1 aliphatic rings. The van der Waals surface area contributed by atoms with Crippen molar-refractivity contribution in [2.24, 2.45) is 0 Å². The molecule has 1 saturated heterocycles. The number of hydrogen-bond acceptors (Lipinski definition) is 3. The molecule has 17 heavy (non-hydrogen) atoms. The maximum Gasteiger partial charge on any atom is 0.326 e. The molecule has 1 aliphatic heterocycles. The van der Waals surface area contributed by atoms with E-state index in [0.717, 1.165) is 19.4 Å². The van der Waals surface area contributed by atoms with Crippen LogP contribution in [0, 0.1) is 0 Å². The summed E-state index contributed by atoms with van der Waals surface area (Å²) in [6, 6.07) is -0.819. The molecule has 0 bridgehead atoms. The average molecular weight is 243 g/mol. The molecule has 6 nitrogen and oxygen atoms in total. The first-order chi connectivity index (χ1) is 8.07. The van der Waals surface area contributed by atoms with Gasteiger partial charge in [0.2, 0.25) is 0 Å². The smallest absolute Gasteiger partial charge is 0.326 e. The molecule has 0 aromatic rings. The number of aliphatic carboxylic acids is 1. The topological polar surface area (TPSA) is 72.9 Å². The molecule has 6 heteroatoms. The minimum absolute atomic E-state index is 0.175. The van der Waals surface area contributed by atoms with Crippen molar-refractivity contribution < 1.29 is 14.7 Å². The Hall–Kier alpha value is -1.30. The van der Waals surface area contributed by atoms with Crippen LogP contribution in [0.3, 0.4) is 0 Å². The number of carbonyl (C=O) groups is 2. The molecular formula is C11H21N3O3. The lowest BCUT2D eigenvalue weighted by molar-refractivity contribution is -0.141. The van der Waals surface area contributed by atoms with Crippen molar-refractivity contribution >= 4 is 12.0 Å². The fourth-order valence-corrected chi connectivity index (χ4v) is 2.06. The summed E-state index contributed by atoms with van der Waals surface area (Å²) in [5.74, 6) is -0.903. The summed E-state index contributed by atoms with van der Waals surface area (Å²) in [6.07, 6.45) is 2.20. The van der Waals surface area contributed by atoms with Gasteiger partial charge < -0.3 is 20.2 Å². The Morgan fingerprint density at radius 1 is 1.53 bits per heavy atom. The number of amides is 2. The van der Waals surface area contributed by atoms with Crippen molar-refractivity contribution in [3.8, 4) is 0 Å². The Balaban J connectivity index is 2.47. The molecule has 0 saturated carbocycles. The van der Waals surface area contributed by atoms with Gasteiger partial charge in [-0.2, -0.15) is 0 Å². The van der Waals surface area contributed by atoms with Crippen molar-refractivity contribution in [1.29, 1.82) is 0 Å². The zero-order valence-electron chi connectivity index (χ0n) is 10.5. The van der Waals surface area contributed by atoms with Crippen molar-refractivity contribution in [2.75, 3.05) is 33.7 Å². The van der Waals surface area contributed by atoms with Crippen LogP contribution in [0.15, 0.2) is 0 Å². The fourth-order valence-electron chi connectivity index (χ4n) is 2.06. The number of rotatable bonds is 5. The van der Waals surface area contributed by atoms with E-state index >= 15 is 0 Å². The molecule has 0 aromatic heterocycles. The number of likely N-dealkylation sites (tertiary alicyclic amines) is 1. The van der Waals surface area contributed by atoms with Crippen LogP contribution in [0.4, 0.5) is 4.79 Å². The summed E-state index contributed by atoms with van der Waals surface area (Å²) >= 11 is 0. The zero-order valence-corrected chi connectivity index (χ0v) is 10.5. The van der Waals surface area contributed by atoms with Crippen LogP contribution >= 0.6 is 0 Å². The van der Waals surface area contributed by atoms with Crippen LogP contribution in [0.5, 0.6) is 0 Å². The van der Waals surface area contributed by atoms with E-state index in [1.807, 2.05) is 7.05 Å². The van der Waals surface area contributed by atoms with E-state index in [0.29, 0.717) is 19.5 Å². The van der Waals surface area contributed by atoms with Crippen LogP contribution in [-0.2, 0) is 4.79 Å². The Kier molecular flexibility index (Phi) is 5.21. The van der Waals surface area contributed by atoms with Gasteiger partial charge in [0.05, 0.1) is 0 Å². The standard InChI is InChI=1S/C11H21N3O3/c1-12-6-4-7-13(2)11(17)14-8-3-5-9(14)10(15)16/h9,12H,3-8H2,1-2H3,(H,15,16). The maximum atomic E-state index is 12.0. The van der Waals surface area contributed by atoms with Crippen LogP contribution < -0.4 is 5.32 Å². The highest BCUT2D eigenvalue weighted by Crippen LogP contribution is 2.18. The van der Waals surface area contributed by atoms with Crippen molar-refractivity contribution in [3.05, 3.63) is 0 Å². The second-order valence-corrected chi connectivity index (χ2v) is 4.35. The third-order valence-electron chi connectivity index (χ3n) is 3.03. The summed E-state index contributed by atoms with van der Waals surface area (Å²) in [4.78, 5) is 26.1. The first kappa shape index (κ1) is 13.8. The van der Waals surface area contributed by atoms with Gasteiger partial charge in [0.1, 0.15) is 6.04 Å². The molecule has 98 valence electrons. The van der Waals surface area contributed by atoms with E-state index < -0.39 is 12.0 Å². The first-order valence-electron chi connectivity index (χ1n) is 5.97. The summed E-state index contributed by atoms with van der Waals surface area (Å²) in [6.45, 7) is 2.04. The molecule has 0 aromatic carbocycles. The van der Waals surface area contributed by atoms with Gasteiger partial charge in [0.25, 0.3) is 0 Å². The van der Waals surface area contributed by atoms with Crippen LogP contribution in [-0.4, -0.2) is 66.7 Å². The summed E-state index contributed by atoms with van der Waals surface area (Å²) < 4.78 is 0. The highest BCUT2D eigenvalue weighted by molar-refractivity contribution is 5.83. The number of urea groups is 1. The predicted molar refractivity (Wildman–Crippen MR) is 63.9 cm³/mol. The van der Waals surface area contributed by atoms with E-state index in [9.17, 15) is 9.59 Å². The molecule has 1 unspecified atom stereocenters. The van der Waals surface area contributed by atoms with E-state index in [2.05, 4.69) is 5.32 Å². The van der Waals surface area contributed by atoms with Gasteiger partial charge in [-0.1, -0.05) is 0 Å². The molecule has 0 radical (unpaired) electrons. The fraction of sp³-hybridized carbons (Fsp3) is 0.818. The van der Waals surface area contributed by atoms with E-state index in [4.69, 9.17) is 5.11 Å². The highest BCUT2D eigenvalue weighted by Gasteiger charge is 2.35. The zero-order chi connectivity index (χ0) is 12.8. The number of nitrogens with zero attached hydrogens (tertiary/aromatic N) is 2. The van der Waals surface area contributed by atoms with Crippen molar-refractivity contribution in [1.82, 2.24) is 15.1 Å². The van der Waals surface area contributed by atoms with E-state index in [-0.39, 0.29) is 6.03 Å². The van der Waals surface area contributed by atoms with E-state index in [1.54, 1.807) is 11.9 Å². The van der Waals surface area contributed by atoms with Gasteiger partial charge in [0.15, 0.2) is 0 Å². The number of nitrogens with one attached hydrogen (secondary N) is 1. The van der Waals surface area contributed by atoms with Gasteiger partial charge in [-0.15, -0.1) is 0 Å². The Bertz CT molecular complexity index is 283. The predicted octanol–water partition coefficient (Wildman–Crippen LogP) is 0.197. The van der Waals surface area contributed by atoms with Crippen molar-refractivity contribution in [2.45, 2.75) is 25.3 Å². The lowest BCUT2D eigenvalue weighted by Gasteiger charge is -2.27. The minimum Gasteiger partial charge on any atom is -0.480 e. The Morgan fingerprint density at radius 3 is 2.82 bits per heavy atom. The molecule has 2 amide bonds. The van der Waals surface area contributed by atoms with Crippen LogP contribution in [0.25, 0.3) is 0 Å². The lowest BCUT2D eigenvalue weighted by atomic mass is 10.2. The SMILES string of the molecule is CNCCCN(C)C(=O)N1CCCC1C(=O)O. The number of hydrogen-bond donors (Lipinski definition) is 2. The lowest BCUT2D eigenvalue weighted by Crippen LogP contribution is -2.47. The van der Waals surface area contributed by atoms with E-state index in [1.165, 1.54) is 4.90 Å². The quantitative estimate of drug-likeness (QED) is 0.676.